The molecule has 0 radical (unpaired) electrons. The summed E-state index contributed by atoms with van der Waals surface area (Å²) in [6.45, 7) is 13.1. The summed E-state index contributed by atoms with van der Waals surface area (Å²) in [6, 6.07) is 2.52. The smallest absolute Gasteiger partial charge is 0.326 e. The molecule has 6 amide bonds. The zero-order valence-electron chi connectivity index (χ0n) is 37.3. The average Bonchev–Trinajstić information content (AvgIpc) is 3.18. The minimum atomic E-state index is -1.76. The maximum atomic E-state index is 14.2. The van der Waals surface area contributed by atoms with Crippen LogP contribution >= 0.6 is 0 Å². The van der Waals surface area contributed by atoms with Crippen molar-refractivity contribution in [1.82, 2.24) is 31.1 Å². The fraction of sp³-hybridized carbons (Fsp3) is 0.682. The van der Waals surface area contributed by atoms with Crippen molar-refractivity contribution < 1.29 is 48.6 Å². The molecule has 338 valence electrons. The number of nitrogens with zero attached hydrogens (tertiary/aromatic N) is 2. The van der Waals surface area contributed by atoms with E-state index in [4.69, 9.17) is 0 Å². The third-order valence-corrected chi connectivity index (χ3v) is 10.6. The van der Waals surface area contributed by atoms with Crippen molar-refractivity contribution in [1.29, 1.82) is 0 Å². The molecule has 1 rings (SSSR count). The Morgan fingerprint density at radius 1 is 0.650 bits per heavy atom. The number of unbranched alkanes of at least 4 members (excludes halogenated alkanes) is 5. The first-order chi connectivity index (χ1) is 28.2. The zero-order chi connectivity index (χ0) is 45.5. The number of likely N-dealkylation sites (N-methyl/N-ethyl adjacent to an activating group) is 1. The van der Waals surface area contributed by atoms with E-state index in [0.717, 1.165) is 37.7 Å². The molecule has 60 heavy (non-hydrogen) atoms. The van der Waals surface area contributed by atoms with Gasteiger partial charge in [0.05, 0.1) is 12.8 Å². The number of nitrogens with one attached hydrogen (secondary N) is 4. The van der Waals surface area contributed by atoms with Gasteiger partial charge in [-0.3, -0.25) is 33.6 Å². The Kier molecular flexibility index (Phi) is 24.5. The van der Waals surface area contributed by atoms with Crippen molar-refractivity contribution in [3.05, 3.63) is 35.9 Å². The molecule has 6 atom stereocenters. The molecule has 0 spiro atoms. The largest absolute Gasteiger partial charge is 0.481 e. The molecular formula is C44H72N6O10. The van der Waals surface area contributed by atoms with Crippen LogP contribution in [0.1, 0.15) is 125 Å². The average molecular weight is 845 g/mol. The number of carbonyl (C=O) groups is 8. The number of aryl methyl sites for hydroxylation is 1. The van der Waals surface area contributed by atoms with Gasteiger partial charge >= 0.3 is 11.9 Å². The van der Waals surface area contributed by atoms with Crippen LogP contribution in [0.3, 0.4) is 0 Å². The zero-order valence-corrected chi connectivity index (χ0v) is 37.3. The van der Waals surface area contributed by atoms with Gasteiger partial charge in [0.2, 0.25) is 35.4 Å². The van der Waals surface area contributed by atoms with Crippen LogP contribution in [0.4, 0.5) is 0 Å². The van der Waals surface area contributed by atoms with Crippen molar-refractivity contribution in [3.63, 3.8) is 0 Å². The highest BCUT2D eigenvalue weighted by Crippen LogP contribution is 2.16. The summed E-state index contributed by atoms with van der Waals surface area (Å²) in [5, 5.41) is 29.3. The van der Waals surface area contributed by atoms with Crippen molar-refractivity contribution >= 4 is 47.4 Å². The normalized spacial score (nSPS) is 14.2. The Morgan fingerprint density at radius 2 is 1.20 bits per heavy atom. The maximum absolute atomic E-state index is 14.2. The molecule has 16 nitrogen and oxygen atoms in total. The van der Waals surface area contributed by atoms with Crippen LogP contribution in [0.25, 0.3) is 0 Å². The number of amides is 6. The Bertz CT molecular complexity index is 1550. The van der Waals surface area contributed by atoms with Gasteiger partial charge in [-0.15, -0.1) is 0 Å². The molecule has 16 heteroatoms. The van der Waals surface area contributed by atoms with Crippen LogP contribution in [-0.4, -0.2) is 118 Å². The number of rotatable bonds is 29. The first kappa shape index (κ1) is 53.0. The molecule has 0 aromatic heterocycles. The van der Waals surface area contributed by atoms with E-state index >= 15 is 0 Å². The van der Waals surface area contributed by atoms with Gasteiger partial charge in [0.1, 0.15) is 30.2 Å². The van der Waals surface area contributed by atoms with Gasteiger partial charge in [-0.25, -0.2) is 4.79 Å². The molecule has 0 heterocycles. The number of carbonyl (C=O) groups excluding carboxylic acids is 6. The Morgan fingerprint density at radius 3 is 1.73 bits per heavy atom. The van der Waals surface area contributed by atoms with Crippen LogP contribution in [0, 0.1) is 17.8 Å². The Balaban J connectivity index is 3.42. The molecular weight excluding hydrogens is 773 g/mol. The van der Waals surface area contributed by atoms with E-state index < -0.39 is 90.4 Å². The standard InChI is InChI=1S/C44H72N6O10/c1-10-12-13-14-15-19-24-49(8)36(52)26-32(40(55)45-33(27-37(53)54)41(56)47-34(44(59)60)25-28(3)4)46-42(57)38(30(7)11-2)48-43(58)39(29(5)6)50(9)35(51)23-22-31-20-17-16-18-21-31/h16-18,20-21,28-30,32-34,38-39H,10-15,19,22-27H2,1-9H3,(H,45,55)(H,46,57)(H,47,56)(H,48,58)(H,53,54)(H,59,60)/t30-,32-,33-,34-,38-,39-/m0/s1. The number of hydrogen-bond donors (Lipinski definition) is 6. The van der Waals surface area contributed by atoms with E-state index in [-0.39, 0.29) is 30.6 Å². The van der Waals surface area contributed by atoms with Gasteiger partial charge in [0.25, 0.3) is 0 Å². The first-order valence-electron chi connectivity index (χ1n) is 21.4. The summed E-state index contributed by atoms with van der Waals surface area (Å²) in [4.78, 5) is 109. The third kappa shape index (κ3) is 19.4. The topological polar surface area (TPSA) is 232 Å². The Labute approximate surface area is 356 Å². The molecule has 0 fully saturated rings. The lowest BCUT2D eigenvalue weighted by Gasteiger charge is -2.33. The van der Waals surface area contributed by atoms with Crippen molar-refractivity contribution in [2.75, 3.05) is 20.6 Å². The predicted molar refractivity (Wildman–Crippen MR) is 228 cm³/mol. The summed E-state index contributed by atoms with van der Waals surface area (Å²) in [7, 11) is 3.10. The minimum absolute atomic E-state index is 0.0327. The second-order valence-corrected chi connectivity index (χ2v) is 16.6. The summed E-state index contributed by atoms with van der Waals surface area (Å²) in [6.07, 6.45) is 5.46. The summed E-state index contributed by atoms with van der Waals surface area (Å²) < 4.78 is 0. The SMILES string of the molecule is CCCCCCCCN(C)C(=O)C[C@H](NC(=O)[C@@H](NC(=O)[C@H](C(C)C)N(C)C(=O)CCc1ccccc1)[C@@H](C)CC)C(=O)N[C@@H](CC(=O)O)C(=O)N[C@@H](CC(C)C)C(=O)O. The fourth-order valence-electron chi connectivity index (χ4n) is 6.77. The molecule has 0 unspecified atom stereocenters. The van der Waals surface area contributed by atoms with E-state index in [2.05, 4.69) is 28.2 Å². The van der Waals surface area contributed by atoms with E-state index in [1.54, 1.807) is 48.6 Å². The summed E-state index contributed by atoms with van der Waals surface area (Å²) >= 11 is 0. The van der Waals surface area contributed by atoms with E-state index in [1.807, 2.05) is 30.3 Å². The maximum Gasteiger partial charge on any atom is 0.326 e. The van der Waals surface area contributed by atoms with Crippen LogP contribution < -0.4 is 21.3 Å². The number of aliphatic carboxylic acids is 2. The third-order valence-electron chi connectivity index (χ3n) is 10.6. The fourth-order valence-corrected chi connectivity index (χ4v) is 6.77. The van der Waals surface area contributed by atoms with Gasteiger partial charge in [-0.05, 0) is 42.6 Å². The van der Waals surface area contributed by atoms with Crippen molar-refractivity contribution in [2.24, 2.45) is 17.8 Å². The number of carboxylic acids is 2. The number of benzene rings is 1. The van der Waals surface area contributed by atoms with Crippen LogP contribution in [0.2, 0.25) is 0 Å². The molecule has 0 aliphatic heterocycles. The lowest BCUT2D eigenvalue weighted by molar-refractivity contribution is -0.144. The van der Waals surface area contributed by atoms with E-state index in [0.29, 0.717) is 25.8 Å². The van der Waals surface area contributed by atoms with Crippen LogP contribution in [0.5, 0.6) is 0 Å². The van der Waals surface area contributed by atoms with Gasteiger partial charge < -0.3 is 41.3 Å². The second kappa shape index (κ2) is 27.7. The molecule has 0 aliphatic carbocycles. The molecule has 1 aromatic rings. The molecule has 6 N–H and O–H groups in total. The summed E-state index contributed by atoms with van der Waals surface area (Å²) in [5.41, 5.74) is 0.967. The van der Waals surface area contributed by atoms with E-state index in [1.165, 1.54) is 16.8 Å². The second-order valence-electron chi connectivity index (χ2n) is 16.6. The van der Waals surface area contributed by atoms with Gasteiger partial charge in [-0.1, -0.05) is 117 Å². The van der Waals surface area contributed by atoms with Crippen LogP contribution in [0.15, 0.2) is 30.3 Å². The minimum Gasteiger partial charge on any atom is -0.481 e. The lowest BCUT2D eigenvalue weighted by Crippen LogP contribution is -2.61. The Hall–Kier alpha value is -5.02. The van der Waals surface area contributed by atoms with Crippen molar-refractivity contribution in [3.8, 4) is 0 Å². The number of carboxylic acid groups (broad SMARTS) is 2. The lowest BCUT2D eigenvalue weighted by atomic mass is 9.95. The van der Waals surface area contributed by atoms with Gasteiger partial charge in [-0.2, -0.15) is 0 Å². The van der Waals surface area contributed by atoms with Crippen LogP contribution in [-0.2, 0) is 44.8 Å². The summed E-state index contributed by atoms with van der Waals surface area (Å²) in [5.74, 6) is -8.11. The highest BCUT2D eigenvalue weighted by molar-refractivity contribution is 5.98. The van der Waals surface area contributed by atoms with Gasteiger partial charge in [0, 0.05) is 27.1 Å². The molecule has 0 bridgehead atoms. The number of hydrogen-bond acceptors (Lipinski definition) is 8. The van der Waals surface area contributed by atoms with Crippen molar-refractivity contribution in [2.45, 2.75) is 156 Å². The first-order valence-corrected chi connectivity index (χ1v) is 21.4. The molecule has 0 aliphatic rings. The quantitative estimate of drug-likeness (QED) is 0.0637. The molecule has 1 aromatic carbocycles. The highest BCUT2D eigenvalue weighted by atomic mass is 16.4. The van der Waals surface area contributed by atoms with Gasteiger partial charge in [0.15, 0.2) is 0 Å². The monoisotopic (exact) mass is 845 g/mol. The molecule has 0 saturated heterocycles. The molecule has 0 saturated carbocycles. The van der Waals surface area contributed by atoms with E-state index in [9.17, 15) is 48.6 Å². The predicted octanol–water partition coefficient (Wildman–Crippen LogP) is 3.90. The highest BCUT2D eigenvalue weighted by Gasteiger charge is 2.37.